The van der Waals surface area contributed by atoms with Gasteiger partial charge in [-0.3, -0.25) is 9.36 Å². The van der Waals surface area contributed by atoms with E-state index in [0.29, 0.717) is 35.9 Å². The Morgan fingerprint density at radius 2 is 2.04 bits per heavy atom. The van der Waals surface area contributed by atoms with Crippen LogP contribution in [0, 0.1) is 5.82 Å². The second-order valence-electron chi connectivity index (χ2n) is 6.54. The zero-order valence-electron chi connectivity index (χ0n) is 15.7. The molecule has 2 aromatic carbocycles. The average Bonchev–Trinajstić information content (AvgIpc) is 3.19. The lowest BCUT2D eigenvalue weighted by atomic mass is 10.0. The first-order valence-corrected chi connectivity index (χ1v) is 8.96. The van der Waals surface area contributed by atoms with Crippen LogP contribution in [0.1, 0.15) is 11.1 Å². The van der Waals surface area contributed by atoms with Crippen LogP contribution < -0.4 is 20.3 Å². The van der Waals surface area contributed by atoms with Gasteiger partial charge in [-0.2, -0.15) is 0 Å². The van der Waals surface area contributed by atoms with Gasteiger partial charge in [-0.1, -0.05) is 12.1 Å². The lowest BCUT2D eigenvalue weighted by Gasteiger charge is -2.13. The SMILES string of the molecule is COc1ccc(-c2cnc(NCc3c(F)ccc4c3CCO4)n(C)c2=O)cc1. The van der Waals surface area contributed by atoms with Crippen LogP contribution in [0.3, 0.4) is 0 Å². The molecule has 6 nitrogen and oxygen atoms in total. The minimum Gasteiger partial charge on any atom is -0.497 e. The number of nitrogens with one attached hydrogen (secondary N) is 1. The average molecular weight is 381 g/mol. The molecule has 1 aliphatic rings. The van der Waals surface area contributed by atoms with E-state index in [9.17, 15) is 9.18 Å². The molecule has 0 saturated heterocycles. The van der Waals surface area contributed by atoms with Gasteiger partial charge in [0.25, 0.3) is 5.56 Å². The van der Waals surface area contributed by atoms with Gasteiger partial charge in [0.15, 0.2) is 0 Å². The topological polar surface area (TPSA) is 65.4 Å². The first kappa shape index (κ1) is 18.0. The third-order valence-corrected chi connectivity index (χ3v) is 4.93. The first-order valence-electron chi connectivity index (χ1n) is 8.96. The van der Waals surface area contributed by atoms with Gasteiger partial charge in [0.05, 0.1) is 19.3 Å². The molecule has 0 spiro atoms. The minimum atomic E-state index is -0.295. The fourth-order valence-electron chi connectivity index (χ4n) is 3.35. The van der Waals surface area contributed by atoms with Crippen molar-refractivity contribution in [3.05, 3.63) is 69.9 Å². The number of nitrogens with zero attached hydrogens (tertiary/aromatic N) is 2. The molecular formula is C21H20FN3O3. The summed E-state index contributed by atoms with van der Waals surface area (Å²) >= 11 is 0. The summed E-state index contributed by atoms with van der Waals surface area (Å²) in [5, 5.41) is 3.07. The summed E-state index contributed by atoms with van der Waals surface area (Å²) in [7, 11) is 3.23. The van der Waals surface area contributed by atoms with Gasteiger partial charge in [-0.15, -0.1) is 0 Å². The van der Waals surface area contributed by atoms with E-state index in [4.69, 9.17) is 9.47 Å². The van der Waals surface area contributed by atoms with E-state index in [1.54, 1.807) is 32.4 Å². The van der Waals surface area contributed by atoms with E-state index in [1.165, 1.54) is 16.8 Å². The molecule has 0 aliphatic carbocycles. The number of benzene rings is 2. The Kier molecular flexibility index (Phi) is 4.73. The highest BCUT2D eigenvalue weighted by Crippen LogP contribution is 2.30. The standard InChI is InChI=1S/C21H20FN3O3/c1-25-20(26)16(13-3-5-14(27-2)6-4-13)11-23-21(25)24-12-17-15-9-10-28-19(15)8-7-18(17)22/h3-8,11H,9-10,12H2,1-2H3,(H,23,24). The second-order valence-corrected chi connectivity index (χ2v) is 6.54. The van der Waals surface area contributed by atoms with Gasteiger partial charge in [-0.25, -0.2) is 9.37 Å². The summed E-state index contributed by atoms with van der Waals surface area (Å²) in [5.41, 5.74) is 2.46. The van der Waals surface area contributed by atoms with Crippen molar-refractivity contribution in [2.45, 2.75) is 13.0 Å². The molecule has 0 fully saturated rings. The molecule has 7 heteroatoms. The van der Waals surface area contributed by atoms with Gasteiger partial charge >= 0.3 is 0 Å². The van der Waals surface area contributed by atoms with Crippen LogP contribution in [0.15, 0.2) is 47.4 Å². The molecule has 4 rings (SSSR count). The van der Waals surface area contributed by atoms with Gasteiger partial charge in [0, 0.05) is 37.3 Å². The van der Waals surface area contributed by atoms with Crippen LogP contribution in [0.5, 0.6) is 11.5 Å². The van der Waals surface area contributed by atoms with Gasteiger partial charge in [0.1, 0.15) is 17.3 Å². The number of halogens is 1. The van der Waals surface area contributed by atoms with Crippen LogP contribution in [0.25, 0.3) is 11.1 Å². The van der Waals surface area contributed by atoms with Crippen molar-refractivity contribution in [1.29, 1.82) is 0 Å². The van der Waals surface area contributed by atoms with E-state index in [1.807, 2.05) is 12.1 Å². The molecule has 0 unspecified atom stereocenters. The Morgan fingerprint density at radius 1 is 1.25 bits per heavy atom. The predicted molar refractivity (Wildman–Crippen MR) is 104 cm³/mol. The summed E-state index contributed by atoms with van der Waals surface area (Å²) in [5.74, 6) is 1.51. The molecule has 0 saturated carbocycles. The highest BCUT2D eigenvalue weighted by atomic mass is 19.1. The van der Waals surface area contributed by atoms with Gasteiger partial charge < -0.3 is 14.8 Å². The number of hydrogen-bond donors (Lipinski definition) is 1. The third-order valence-electron chi connectivity index (χ3n) is 4.93. The molecule has 28 heavy (non-hydrogen) atoms. The fourth-order valence-corrected chi connectivity index (χ4v) is 3.35. The molecule has 0 bridgehead atoms. The number of methoxy groups -OCH3 is 1. The predicted octanol–water partition coefficient (Wildman–Crippen LogP) is 3.14. The normalized spacial score (nSPS) is 12.4. The third kappa shape index (κ3) is 3.19. The van der Waals surface area contributed by atoms with Crippen molar-refractivity contribution in [1.82, 2.24) is 9.55 Å². The molecule has 3 aromatic rings. The summed E-state index contributed by atoms with van der Waals surface area (Å²) in [6, 6.07) is 10.3. The molecule has 0 amide bonds. The molecule has 1 N–H and O–H groups in total. The maximum absolute atomic E-state index is 14.3. The summed E-state index contributed by atoms with van der Waals surface area (Å²) < 4.78 is 26.3. The Hall–Kier alpha value is -3.35. The zero-order chi connectivity index (χ0) is 19.7. The molecule has 1 aliphatic heterocycles. The molecule has 1 aromatic heterocycles. The molecule has 144 valence electrons. The maximum Gasteiger partial charge on any atom is 0.262 e. The zero-order valence-corrected chi connectivity index (χ0v) is 15.7. The summed E-state index contributed by atoms with van der Waals surface area (Å²) in [4.78, 5) is 17.1. The second kappa shape index (κ2) is 7.34. The summed E-state index contributed by atoms with van der Waals surface area (Å²) in [6.07, 6.45) is 2.20. The molecule has 0 atom stereocenters. The Labute approximate surface area is 161 Å². The van der Waals surface area contributed by atoms with Crippen molar-refractivity contribution in [3.8, 4) is 22.6 Å². The minimum absolute atomic E-state index is 0.190. The van der Waals surface area contributed by atoms with Crippen LogP contribution in [-0.4, -0.2) is 23.3 Å². The number of aromatic nitrogens is 2. The molecule has 2 heterocycles. The Morgan fingerprint density at radius 3 is 2.79 bits per heavy atom. The number of rotatable bonds is 5. The number of hydrogen-bond acceptors (Lipinski definition) is 5. The number of fused-ring (bicyclic) bond motifs is 1. The highest BCUT2D eigenvalue weighted by molar-refractivity contribution is 5.63. The van der Waals surface area contributed by atoms with Crippen molar-refractivity contribution in [2.75, 3.05) is 19.0 Å². The van der Waals surface area contributed by atoms with Crippen LogP contribution in [-0.2, 0) is 20.0 Å². The summed E-state index contributed by atoms with van der Waals surface area (Å²) in [6.45, 7) is 0.777. The monoisotopic (exact) mass is 381 g/mol. The highest BCUT2D eigenvalue weighted by Gasteiger charge is 2.19. The fraction of sp³-hybridized carbons (Fsp3) is 0.238. The van der Waals surface area contributed by atoms with Crippen molar-refractivity contribution < 1.29 is 13.9 Å². The van der Waals surface area contributed by atoms with E-state index in [-0.39, 0.29) is 17.9 Å². The lowest BCUT2D eigenvalue weighted by Crippen LogP contribution is -2.23. The number of anilines is 1. The van der Waals surface area contributed by atoms with Crippen molar-refractivity contribution in [2.24, 2.45) is 7.05 Å². The van der Waals surface area contributed by atoms with E-state index >= 15 is 0 Å². The quantitative estimate of drug-likeness (QED) is 0.736. The first-order chi connectivity index (χ1) is 13.6. The van der Waals surface area contributed by atoms with Crippen LogP contribution in [0.2, 0.25) is 0 Å². The van der Waals surface area contributed by atoms with E-state index < -0.39 is 0 Å². The van der Waals surface area contributed by atoms with E-state index in [2.05, 4.69) is 10.3 Å². The molecule has 0 radical (unpaired) electrons. The van der Waals surface area contributed by atoms with E-state index in [0.717, 1.165) is 16.9 Å². The van der Waals surface area contributed by atoms with Crippen molar-refractivity contribution >= 4 is 5.95 Å². The largest absolute Gasteiger partial charge is 0.497 e. The van der Waals surface area contributed by atoms with Crippen LogP contribution >= 0.6 is 0 Å². The van der Waals surface area contributed by atoms with Crippen molar-refractivity contribution in [3.63, 3.8) is 0 Å². The lowest BCUT2D eigenvalue weighted by molar-refractivity contribution is 0.356. The Bertz CT molecular complexity index is 1080. The Balaban J connectivity index is 1.59. The maximum atomic E-state index is 14.3. The number of ether oxygens (including phenoxy) is 2. The smallest absolute Gasteiger partial charge is 0.262 e. The van der Waals surface area contributed by atoms with Gasteiger partial charge in [0.2, 0.25) is 5.95 Å². The molecular weight excluding hydrogens is 361 g/mol. The van der Waals surface area contributed by atoms with Crippen LogP contribution in [0.4, 0.5) is 10.3 Å². The van der Waals surface area contributed by atoms with Gasteiger partial charge in [-0.05, 0) is 29.8 Å².